The number of sulfonamides is 1. The van der Waals surface area contributed by atoms with Gasteiger partial charge in [0.1, 0.15) is 0 Å². The molecule has 1 fully saturated rings. The van der Waals surface area contributed by atoms with E-state index in [1.807, 2.05) is 0 Å². The highest BCUT2D eigenvalue weighted by atomic mass is 33.1. The van der Waals surface area contributed by atoms with Crippen LogP contribution in [0.25, 0.3) is 0 Å². The van der Waals surface area contributed by atoms with Crippen LogP contribution < -0.4 is 0 Å². The molecule has 0 amide bonds. The zero-order valence-corrected chi connectivity index (χ0v) is 13.7. The predicted molar refractivity (Wildman–Crippen MR) is 85.2 cm³/mol. The normalized spacial score (nSPS) is 17.8. The van der Waals surface area contributed by atoms with Crippen molar-refractivity contribution >= 4 is 38.4 Å². The fourth-order valence-electron chi connectivity index (χ4n) is 2.10. The Morgan fingerprint density at radius 3 is 2.24 bits per heavy atom. The fraction of sp³-hybridized carbons (Fsp3) is 0.417. The van der Waals surface area contributed by atoms with Crippen molar-refractivity contribution in [3.63, 3.8) is 0 Å². The van der Waals surface area contributed by atoms with E-state index in [1.165, 1.54) is 39.4 Å². The van der Waals surface area contributed by atoms with E-state index in [0.29, 0.717) is 26.2 Å². The third-order valence-electron chi connectivity index (χ3n) is 3.31. The zero-order valence-electron chi connectivity index (χ0n) is 11.2. The monoisotopic (exact) mass is 348 g/mol. The van der Waals surface area contributed by atoms with Crippen LogP contribution in [0.15, 0.2) is 29.2 Å². The Kier molecular flexibility index (Phi) is 5.55. The molecule has 1 N–H and O–H groups in total. The van der Waals surface area contributed by atoms with Crippen LogP contribution >= 0.6 is 22.5 Å². The summed E-state index contributed by atoms with van der Waals surface area (Å²) in [6.07, 6.45) is 0. The molecule has 1 aromatic rings. The average molecular weight is 348 g/mol. The lowest BCUT2D eigenvalue weighted by Gasteiger charge is -2.33. The molecule has 1 aromatic carbocycles. The molecule has 0 aliphatic carbocycles. The molecule has 0 atom stereocenters. The first-order chi connectivity index (χ1) is 9.95. The van der Waals surface area contributed by atoms with Gasteiger partial charge in [-0.05, 0) is 24.3 Å². The van der Waals surface area contributed by atoms with E-state index >= 15 is 0 Å². The SMILES string of the molecule is O=C(O)c1ccc(S(=O)(=O)N2CCN(CSS)CC2)cc1. The second-order valence-corrected chi connectivity index (χ2v) is 7.84. The van der Waals surface area contributed by atoms with Gasteiger partial charge < -0.3 is 5.11 Å². The molecular weight excluding hydrogens is 332 g/mol. The lowest BCUT2D eigenvalue weighted by atomic mass is 10.2. The maximum atomic E-state index is 12.5. The van der Waals surface area contributed by atoms with Gasteiger partial charge in [-0.25, -0.2) is 13.2 Å². The van der Waals surface area contributed by atoms with E-state index in [9.17, 15) is 13.2 Å². The number of benzene rings is 1. The Balaban J connectivity index is 2.10. The van der Waals surface area contributed by atoms with Crippen molar-refractivity contribution in [2.45, 2.75) is 4.90 Å². The average Bonchev–Trinajstić information content (AvgIpc) is 2.48. The Morgan fingerprint density at radius 1 is 1.19 bits per heavy atom. The molecule has 0 radical (unpaired) electrons. The van der Waals surface area contributed by atoms with Gasteiger partial charge in [0.2, 0.25) is 10.0 Å². The Hall–Kier alpha value is -0.740. The van der Waals surface area contributed by atoms with Gasteiger partial charge in [-0.15, -0.1) is 11.7 Å². The van der Waals surface area contributed by atoms with E-state index in [1.54, 1.807) is 0 Å². The predicted octanol–water partition coefficient (Wildman–Crippen LogP) is 1.23. The topological polar surface area (TPSA) is 77.9 Å². The minimum Gasteiger partial charge on any atom is -0.478 e. The van der Waals surface area contributed by atoms with Gasteiger partial charge in [-0.3, -0.25) is 4.90 Å². The molecule has 0 aromatic heterocycles. The molecule has 2 rings (SSSR count). The van der Waals surface area contributed by atoms with Crippen molar-refractivity contribution in [2.75, 3.05) is 32.1 Å². The van der Waals surface area contributed by atoms with Crippen LogP contribution in [0.1, 0.15) is 10.4 Å². The maximum Gasteiger partial charge on any atom is 0.335 e. The quantitative estimate of drug-likeness (QED) is 0.615. The molecule has 1 saturated heterocycles. The first-order valence-electron chi connectivity index (χ1n) is 6.27. The second-order valence-electron chi connectivity index (χ2n) is 4.61. The number of piperazine rings is 1. The number of hydrogen-bond acceptors (Lipinski definition) is 6. The van der Waals surface area contributed by atoms with E-state index in [4.69, 9.17) is 5.11 Å². The van der Waals surface area contributed by atoms with Crippen LogP contribution in [-0.4, -0.2) is 60.8 Å². The maximum absolute atomic E-state index is 12.5. The Labute approximate surface area is 133 Å². The van der Waals surface area contributed by atoms with Gasteiger partial charge in [-0.2, -0.15) is 4.31 Å². The van der Waals surface area contributed by atoms with Crippen LogP contribution in [-0.2, 0) is 10.0 Å². The summed E-state index contributed by atoms with van der Waals surface area (Å²) in [6, 6.07) is 5.30. The van der Waals surface area contributed by atoms with Crippen molar-refractivity contribution in [2.24, 2.45) is 0 Å². The van der Waals surface area contributed by atoms with Crippen molar-refractivity contribution < 1.29 is 18.3 Å². The summed E-state index contributed by atoms with van der Waals surface area (Å²) >= 11 is 4.09. The van der Waals surface area contributed by atoms with Crippen LogP contribution in [0, 0.1) is 0 Å². The molecule has 9 heteroatoms. The minimum absolute atomic E-state index is 0.0737. The highest BCUT2D eigenvalue weighted by molar-refractivity contribution is 8.68. The van der Waals surface area contributed by atoms with Gasteiger partial charge in [0.05, 0.1) is 16.3 Å². The lowest BCUT2D eigenvalue weighted by Crippen LogP contribution is -2.48. The number of nitrogens with zero attached hydrogens (tertiary/aromatic N) is 2. The first kappa shape index (κ1) is 16.6. The number of carboxylic acids is 1. The number of aromatic carboxylic acids is 1. The van der Waals surface area contributed by atoms with Gasteiger partial charge in [0.25, 0.3) is 0 Å². The largest absolute Gasteiger partial charge is 0.478 e. The van der Waals surface area contributed by atoms with Crippen LogP contribution in [0.2, 0.25) is 0 Å². The zero-order chi connectivity index (χ0) is 15.5. The molecule has 0 unspecified atom stereocenters. The highest BCUT2D eigenvalue weighted by Crippen LogP contribution is 2.19. The van der Waals surface area contributed by atoms with E-state index in [2.05, 4.69) is 16.6 Å². The number of rotatable bonds is 5. The van der Waals surface area contributed by atoms with Gasteiger partial charge in [0, 0.05) is 26.2 Å². The van der Waals surface area contributed by atoms with Gasteiger partial charge in [-0.1, -0.05) is 10.8 Å². The Morgan fingerprint density at radius 2 is 1.76 bits per heavy atom. The molecule has 116 valence electrons. The molecule has 21 heavy (non-hydrogen) atoms. The number of hydrogen-bond donors (Lipinski definition) is 2. The van der Waals surface area contributed by atoms with Gasteiger partial charge >= 0.3 is 5.97 Å². The Bertz CT molecular complexity index is 595. The molecule has 6 nitrogen and oxygen atoms in total. The third kappa shape index (κ3) is 3.92. The first-order valence-corrected chi connectivity index (χ1v) is 9.75. The minimum atomic E-state index is -3.56. The van der Waals surface area contributed by atoms with E-state index in [-0.39, 0.29) is 10.5 Å². The van der Waals surface area contributed by atoms with Crippen molar-refractivity contribution in [1.29, 1.82) is 0 Å². The second kappa shape index (κ2) is 7.01. The highest BCUT2D eigenvalue weighted by Gasteiger charge is 2.28. The summed E-state index contributed by atoms with van der Waals surface area (Å²) in [5.74, 6) is -0.304. The van der Waals surface area contributed by atoms with Crippen molar-refractivity contribution in [3.05, 3.63) is 29.8 Å². The number of carbonyl (C=O) groups is 1. The van der Waals surface area contributed by atoms with E-state index in [0.717, 1.165) is 5.88 Å². The molecule has 1 heterocycles. The standard InChI is InChI=1S/C12H16N2O4S3/c15-12(16)10-1-3-11(4-2-10)21(17,18)14-7-5-13(6-8-14)9-20-19/h1-4,19H,5-9H2,(H,15,16). The van der Waals surface area contributed by atoms with Crippen LogP contribution in [0.3, 0.4) is 0 Å². The molecule has 1 aliphatic rings. The van der Waals surface area contributed by atoms with Crippen LogP contribution in [0.4, 0.5) is 0 Å². The molecular formula is C12H16N2O4S3. The summed E-state index contributed by atoms with van der Waals surface area (Å²) in [4.78, 5) is 13.1. The summed E-state index contributed by atoms with van der Waals surface area (Å²) in [7, 11) is -2.14. The summed E-state index contributed by atoms with van der Waals surface area (Å²) < 4.78 is 26.4. The summed E-state index contributed by atoms with van der Waals surface area (Å²) in [5, 5.41) is 8.83. The molecule has 0 bridgehead atoms. The molecule has 1 aliphatic heterocycles. The number of carboxylic acid groups (broad SMARTS) is 1. The summed E-state index contributed by atoms with van der Waals surface area (Å²) in [5.41, 5.74) is 0.0737. The molecule has 0 saturated carbocycles. The summed E-state index contributed by atoms with van der Waals surface area (Å²) in [6.45, 7) is 2.19. The van der Waals surface area contributed by atoms with Gasteiger partial charge in [0.15, 0.2) is 0 Å². The number of thiol groups is 1. The van der Waals surface area contributed by atoms with Crippen molar-refractivity contribution in [1.82, 2.24) is 9.21 Å². The van der Waals surface area contributed by atoms with E-state index < -0.39 is 16.0 Å². The van der Waals surface area contributed by atoms with Crippen molar-refractivity contribution in [3.8, 4) is 0 Å². The third-order valence-corrected chi connectivity index (χ3v) is 6.05. The lowest BCUT2D eigenvalue weighted by molar-refractivity contribution is 0.0696. The smallest absolute Gasteiger partial charge is 0.335 e. The molecule has 0 spiro atoms. The fourth-order valence-corrected chi connectivity index (χ4v) is 4.43. The van der Waals surface area contributed by atoms with Crippen LogP contribution in [0.5, 0.6) is 0 Å².